The number of carboxylic acids is 1. The molecule has 0 spiro atoms. The summed E-state index contributed by atoms with van der Waals surface area (Å²) in [7, 11) is 0. The van der Waals surface area contributed by atoms with E-state index in [4.69, 9.17) is 11.5 Å². The maximum atomic E-state index is 13.8. The molecule has 5 atom stereocenters. The molecule has 11 nitrogen and oxygen atoms in total. The molecule has 0 bridgehead atoms. The number of H-pyrrole nitrogens is 1. The van der Waals surface area contributed by atoms with E-state index in [0.717, 1.165) is 28.5 Å². The number of rotatable bonds is 17. The van der Waals surface area contributed by atoms with E-state index in [2.05, 4.69) is 20.9 Å². The van der Waals surface area contributed by atoms with Gasteiger partial charge in [-0.2, -0.15) is 0 Å². The molecule has 0 aliphatic rings. The van der Waals surface area contributed by atoms with Crippen LogP contribution in [0.5, 0.6) is 0 Å². The lowest BCUT2D eigenvalue weighted by Gasteiger charge is -2.28. The summed E-state index contributed by atoms with van der Waals surface area (Å²) in [5.74, 6) is -3.15. The molecule has 1 aromatic heterocycles. The molecule has 11 heteroatoms. The minimum Gasteiger partial charge on any atom is -0.480 e. The second-order valence-corrected chi connectivity index (χ2v) is 11.0. The second kappa shape index (κ2) is 16.4. The van der Waals surface area contributed by atoms with Gasteiger partial charge in [0.2, 0.25) is 17.7 Å². The summed E-state index contributed by atoms with van der Waals surface area (Å²) in [5, 5.41) is 18.9. The number of aliphatic carboxylic acids is 1. The standard InChI is InChI=1S/C32H44N6O5/c1-3-20(2)28(31(41)37-27(32(42)43)17-21-11-5-4-6-12-21)38-30(40)26(36-29(39)24(34)14-9-10-16-33)18-22-19-35-25-15-8-7-13-23(22)25/h4-8,11-13,15,19-20,24,26-28,35H,3,9-10,14,16-18,33-34H2,1-2H3,(H,36,39)(H,37,41)(H,38,40)(H,42,43). The Balaban J connectivity index is 1.81. The van der Waals surface area contributed by atoms with E-state index < -0.39 is 47.9 Å². The van der Waals surface area contributed by atoms with E-state index in [9.17, 15) is 24.3 Å². The molecular weight excluding hydrogens is 548 g/mol. The van der Waals surface area contributed by atoms with Gasteiger partial charge in [0.05, 0.1) is 6.04 Å². The largest absolute Gasteiger partial charge is 0.480 e. The number of carbonyl (C=O) groups excluding carboxylic acids is 3. The number of para-hydroxylation sites is 1. The maximum Gasteiger partial charge on any atom is 0.326 e. The number of hydrogen-bond acceptors (Lipinski definition) is 6. The number of carbonyl (C=O) groups is 4. The predicted molar refractivity (Wildman–Crippen MR) is 166 cm³/mol. The molecule has 1 heterocycles. The van der Waals surface area contributed by atoms with Gasteiger partial charge in [0.25, 0.3) is 0 Å². The zero-order chi connectivity index (χ0) is 31.4. The van der Waals surface area contributed by atoms with Crippen molar-refractivity contribution < 1.29 is 24.3 Å². The SMILES string of the molecule is CCC(C)C(NC(=O)C(Cc1c[nH]c2ccccc12)NC(=O)C(N)CCCCN)C(=O)NC(Cc1ccccc1)C(=O)O. The lowest BCUT2D eigenvalue weighted by atomic mass is 9.96. The van der Waals surface area contributed by atoms with Crippen LogP contribution < -0.4 is 27.4 Å². The monoisotopic (exact) mass is 592 g/mol. The number of carboxylic acid groups (broad SMARTS) is 1. The summed E-state index contributed by atoms with van der Waals surface area (Å²) in [5.41, 5.74) is 14.1. The molecular formula is C32H44N6O5. The van der Waals surface area contributed by atoms with Crippen LogP contribution in [-0.2, 0) is 32.0 Å². The molecule has 2 aromatic carbocycles. The van der Waals surface area contributed by atoms with Crippen LogP contribution in [0.25, 0.3) is 10.9 Å². The second-order valence-electron chi connectivity index (χ2n) is 11.0. The number of nitrogens with two attached hydrogens (primary N) is 2. The Kier molecular flexibility index (Phi) is 12.7. The number of unbranched alkanes of at least 4 members (excludes halogenated alkanes) is 1. The number of benzene rings is 2. The molecule has 43 heavy (non-hydrogen) atoms. The van der Waals surface area contributed by atoms with Crippen LogP contribution >= 0.6 is 0 Å². The molecule has 0 saturated carbocycles. The van der Waals surface area contributed by atoms with Gasteiger partial charge in [-0.05, 0) is 42.5 Å². The van der Waals surface area contributed by atoms with Crippen LogP contribution in [-0.4, -0.2) is 64.5 Å². The number of hydrogen-bond donors (Lipinski definition) is 7. The van der Waals surface area contributed by atoms with E-state index in [0.29, 0.717) is 25.8 Å². The Hall–Kier alpha value is -4.22. The highest BCUT2D eigenvalue weighted by Gasteiger charge is 2.33. The highest BCUT2D eigenvalue weighted by atomic mass is 16.4. The zero-order valence-electron chi connectivity index (χ0n) is 24.8. The Morgan fingerprint density at radius 3 is 2.21 bits per heavy atom. The fourth-order valence-electron chi connectivity index (χ4n) is 4.92. The van der Waals surface area contributed by atoms with Crippen LogP contribution in [0.15, 0.2) is 60.8 Å². The molecule has 0 aliphatic heterocycles. The number of amides is 3. The molecule has 0 fully saturated rings. The van der Waals surface area contributed by atoms with E-state index in [-0.39, 0.29) is 18.8 Å². The summed E-state index contributed by atoms with van der Waals surface area (Å²) >= 11 is 0. The van der Waals surface area contributed by atoms with Gasteiger partial charge in [0.15, 0.2) is 0 Å². The van der Waals surface area contributed by atoms with E-state index in [1.54, 1.807) is 37.4 Å². The van der Waals surface area contributed by atoms with Gasteiger partial charge in [-0.3, -0.25) is 14.4 Å². The average Bonchev–Trinajstić information content (AvgIpc) is 3.41. The molecule has 5 unspecified atom stereocenters. The predicted octanol–water partition coefficient (Wildman–Crippen LogP) is 1.99. The molecule has 0 aliphatic carbocycles. The number of fused-ring (bicyclic) bond motifs is 1. The van der Waals surface area contributed by atoms with Crippen molar-refractivity contribution in [3.8, 4) is 0 Å². The third-order valence-electron chi connectivity index (χ3n) is 7.73. The first-order valence-electron chi connectivity index (χ1n) is 14.8. The topological polar surface area (TPSA) is 192 Å². The molecule has 3 rings (SSSR count). The van der Waals surface area contributed by atoms with Gasteiger partial charge in [-0.1, -0.05) is 75.2 Å². The number of aromatic nitrogens is 1. The summed E-state index contributed by atoms with van der Waals surface area (Å²) in [6, 6.07) is 12.5. The summed E-state index contributed by atoms with van der Waals surface area (Å²) < 4.78 is 0. The van der Waals surface area contributed by atoms with E-state index in [1.807, 2.05) is 37.3 Å². The van der Waals surface area contributed by atoms with Gasteiger partial charge in [-0.15, -0.1) is 0 Å². The van der Waals surface area contributed by atoms with Crippen molar-refractivity contribution in [2.75, 3.05) is 6.54 Å². The molecule has 0 saturated heterocycles. The van der Waals surface area contributed by atoms with E-state index in [1.165, 1.54) is 0 Å². The minimum absolute atomic E-state index is 0.0877. The Labute approximate surface area is 252 Å². The van der Waals surface area contributed by atoms with Crippen molar-refractivity contribution in [2.24, 2.45) is 17.4 Å². The van der Waals surface area contributed by atoms with Crippen molar-refractivity contribution in [3.63, 3.8) is 0 Å². The van der Waals surface area contributed by atoms with Gasteiger partial charge >= 0.3 is 5.97 Å². The fraction of sp³-hybridized carbons (Fsp3) is 0.438. The minimum atomic E-state index is -1.19. The molecule has 232 valence electrons. The first-order chi connectivity index (χ1) is 20.6. The van der Waals surface area contributed by atoms with Crippen LogP contribution in [0, 0.1) is 5.92 Å². The number of nitrogens with one attached hydrogen (secondary N) is 4. The van der Waals surface area contributed by atoms with Crippen molar-refractivity contribution in [3.05, 3.63) is 71.9 Å². The summed E-state index contributed by atoms with van der Waals surface area (Å²) in [6.45, 7) is 4.17. The lowest BCUT2D eigenvalue weighted by Crippen LogP contribution is -2.59. The van der Waals surface area contributed by atoms with Crippen molar-refractivity contribution >= 4 is 34.6 Å². The highest BCUT2D eigenvalue weighted by molar-refractivity contribution is 5.95. The maximum absolute atomic E-state index is 13.8. The van der Waals surface area contributed by atoms with Gasteiger partial charge in [-0.25, -0.2) is 4.79 Å². The summed E-state index contributed by atoms with van der Waals surface area (Å²) in [6.07, 6.45) is 4.39. The average molecular weight is 593 g/mol. The van der Waals surface area contributed by atoms with Crippen molar-refractivity contribution in [1.29, 1.82) is 0 Å². The zero-order valence-corrected chi connectivity index (χ0v) is 24.8. The van der Waals surface area contributed by atoms with Crippen LogP contribution in [0.1, 0.15) is 50.7 Å². The molecule has 0 radical (unpaired) electrons. The quantitative estimate of drug-likeness (QED) is 0.117. The van der Waals surface area contributed by atoms with Gasteiger partial charge in [0, 0.05) is 29.9 Å². The van der Waals surface area contributed by atoms with Gasteiger partial charge < -0.3 is 37.5 Å². The normalized spacial score (nSPS) is 14.7. The van der Waals surface area contributed by atoms with Crippen molar-refractivity contribution in [2.45, 2.75) is 76.5 Å². The van der Waals surface area contributed by atoms with E-state index >= 15 is 0 Å². The Morgan fingerprint density at radius 1 is 0.860 bits per heavy atom. The third kappa shape index (κ3) is 9.65. The van der Waals surface area contributed by atoms with Gasteiger partial charge in [0.1, 0.15) is 18.1 Å². The van der Waals surface area contributed by atoms with Crippen LogP contribution in [0.3, 0.4) is 0 Å². The molecule has 3 amide bonds. The third-order valence-corrected chi connectivity index (χ3v) is 7.73. The first kappa shape index (κ1) is 33.3. The Bertz CT molecular complexity index is 1360. The highest BCUT2D eigenvalue weighted by Crippen LogP contribution is 2.20. The fourth-order valence-corrected chi connectivity index (χ4v) is 4.92. The Morgan fingerprint density at radius 2 is 1.53 bits per heavy atom. The lowest BCUT2D eigenvalue weighted by molar-refractivity contribution is -0.142. The van der Waals surface area contributed by atoms with Crippen LogP contribution in [0.2, 0.25) is 0 Å². The van der Waals surface area contributed by atoms with Crippen molar-refractivity contribution in [1.82, 2.24) is 20.9 Å². The molecule has 3 aromatic rings. The number of aromatic amines is 1. The molecule has 9 N–H and O–H groups in total. The smallest absolute Gasteiger partial charge is 0.326 e. The first-order valence-corrected chi connectivity index (χ1v) is 14.8. The summed E-state index contributed by atoms with van der Waals surface area (Å²) in [4.78, 5) is 55.5. The van der Waals surface area contributed by atoms with Crippen LogP contribution in [0.4, 0.5) is 0 Å².